The number of halogens is 2. The predicted octanol–water partition coefficient (Wildman–Crippen LogP) is 1.71. The molecule has 7 nitrogen and oxygen atoms in total. The molecule has 0 radical (unpaired) electrons. The van der Waals surface area contributed by atoms with Gasteiger partial charge in [0.25, 0.3) is 0 Å². The van der Waals surface area contributed by atoms with Crippen molar-refractivity contribution in [3.63, 3.8) is 0 Å². The molecule has 2 aromatic carbocycles. The van der Waals surface area contributed by atoms with Crippen LogP contribution in [0.1, 0.15) is 12.8 Å². The summed E-state index contributed by atoms with van der Waals surface area (Å²) in [4.78, 5) is 12.8. The second-order valence-electron chi connectivity index (χ2n) is 6.85. The van der Waals surface area contributed by atoms with Crippen molar-refractivity contribution in [2.45, 2.75) is 28.7 Å². The Labute approximate surface area is 173 Å². The molecule has 162 valence electrons. The molecule has 1 amide bonds. The van der Waals surface area contributed by atoms with Crippen molar-refractivity contribution in [2.24, 2.45) is 0 Å². The number of benzene rings is 2. The minimum atomic E-state index is -4.61. The second kappa shape index (κ2) is 8.78. The molecule has 1 heterocycles. The van der Waals surface area contributed by atoms with Crippen molar-refractivity contribution in [2.75, 3.05) is 18.8 Å². The lowest BCUT2D eigenvalue weighted by Gasteiger charge is -2.25. The Morgan fingerprint density at radius 1 is 1.00 bits per heavy atom. The smallest absolute Gasteiger partial charge is 0.246 e. The fourth-order valence-electron chi connectivity index (χ4n) is 3.38. The molecule has 30 heavy (non-hydrogen) atoms. The van der Waals surface area contributed by atoms with Crippen molar-refractivity contribution >= 4 is 25.8 Å². The van der Waals surface area contributed by atoms with E-state index in [4.69, 9.17) is 0 Å². The van der Waals surface area contributed by atoms with Crippen molar-refractivity contribution in [3.8, 4) is 0 Å². The maximum Gasteiger partial charge on any atom is 0.246 e. The van der Waals surface area contributed by atoms with E-state index in [0.29, 0.717) is 12.8 Å². The van der Waals surface area contributed by atoms with Crippen LogP contribution in [0.3, 0.4) is 0 Å². The number of sulfonamides is 1. The van der Waals surface area contributed by atoms with E-state index >= 15 is 0 Å². The highest BCUT2D eigenvalue weighted by atomic mass is 32.2. The Bertz CT molecular complexity index is 1120. The Hall–Kier alpha value is -2.37. The average Bonchev–Trinajstić information content (AvgIpc) is 3.14. The molecular weight excluding hydrogens is 438 g/mol. The lowest BCUT2D eigenvalue weighted by molar-refractivity contribution is -0.130. The lowest BCUT2D eigenvalue weighted by Crippen LogP contribution is -2.45. The van der Waals surface area contributed by atoms with Crippen LogP contribution in [0.2, 0.25) is 0 Å². The number of amides is 1. The van der Waals surface area contributed by atoms with E-state index in [1.165, 1.54) is 17.0 Å². The molecule has 11 heteroatoms. The van der Waals surface area contributed by atoms with Crippen molar-refractivity contribution in [3.05, 3.63) is 60.2 Å². The minimum absolute atomic E-state index is 0.139. The molecule has 1 saturated heterocycles. The van der Waals surface area contributed by atoms with Crippen LogP contribution in [0, 0.1) is 11.6 Å². The largest absolute Gasteiger partial charge is 0.338 e. The van der Waals surface area contributed by atoms with Gasteiger partial charge in [0.1, 0.15) is 11.6 Å². The van der Waals surface area contributed by atoms with E-state index < -0.39 is 54.9 Å². The third kappa shape index (κ3) is 4.85. The molecular formula is C19H20F2N2O5S2. The van der Waals surface area contributed by atoms with Gasteiger partial charge in [0.15, 0.2) is 14.7 Å². The van der Waals surface area contributed by atoms with E-state index in [-0.39, 0.29) is 17.2 Å². The van der Waals surface area contributed by atoms with Crippen LogP contribution < -0.4 is 4.72 Å². The highest BCUT2D eigenvalue weighted by Gasteiger charge is 2.34. The predicted molar refractivity (Wildman–Crippen MR) is 105 cm³/mol. The van der Waals surface area contributed by atoms with Crippen molar-refractivity contribution in [1.29, 1.82) is 0 Å². The van der Waals surface area contributed by atoms with Gasteiger partial charge in [-0.3, -0.25) is 4.79 Å². The molecule has 1 aliphatic heterocycles. The number of rotatable bonds is 7. The molecule has 1 atom stereocenters. The van der Waals surface area contributed by atoms with Gasteiger partial charge in [-0.05, 0) is 37.1 Å². The van der Waals surface area contributed by atoms with Gasteiger partial charge in [0, 0.05) is 12.6 Å². The standard InChI is InChI=1S/C19H20F2N2O5S2/c20-16-9-4-10-17(21)19(16)30(27,28)22-12-18(24)23-11-5-6-14(23)13-29(25,26)15-7-2-1-3-8-15/h1-4,7-10,14,22H,5-6,11-13H2. The van der Waals surface area contributed by atoms with Gasteiger partial charge in [-0.25, -0.2) is 30.3 Å². The molecule has 2 aromatic rings. The monoisotopic (exact) mass is 458 g/mol. The minimum Gasteiger partial charge on any atom is -0.338 e. The number of likely N-dealkylation sites (tertiary alicyclic amines) is 1. The van der Waals surface area contributed by atoms with Crippen LogP contribution in [-0.4, -0.2) is 52.5 Å². The normalized spacial score (nSPS) is 17.3. The summed E-state index contributed by atoms with van der Waals surface area (Å²) in [6.45, 7) is -0.471. The zero-order chi connectivity index (χ0) is 21.9. The fourth-order valence-corrected chi connectivity index (χ4v) is 6.11. The first-order chi connectivity index (χ1) is 14.1. The fraction of sp³-hybridized carbons (Fsp3) is 0.316. The van der Waals surface area contributed by atoms with E-state index in [1.54, 1.807) is 18.2 Å². The summed E-state index contributed by atoms with van der Waals surface area (Å²) >= 11 is 0. The lowest BCUT2D eigenvalue weighted by atomic mass is 10.2. The number of carbonyl (C=O) groups excluding carboxylic acids is 1. The van der Waals surface area contributed by atoms with Gasteiger partial charge in [0.2, 0.25) is 15.9 Å². The Morgan fingerprint density at radius 2 is 1.63 bits per heavy atom. The Kier molecular flexibility index (Phi) is 6.53. The van der Waals surface area contributed by atoms with Gasteiger partial charge in [0.05, 0.1) is 17.2 Å². The number of nitrogens with zero attached hydrogens (tertiary/aromatic N) is 1. The highest BCUT2D eigenvalue weighted by Crippen LogP contribution is 2.23. The summed E-state index contributed by atoms with van der Waals surface area (Å²) in [5, 5.41) is 0. The topological polar surface area (TPSA) is 101 Å². The van der Waals surface area contributed by atoms with Crippen LogP contribution in [0.15, 0.2) is 58.3 Å². The quantitative estimate of drug-likeness (QED) is 0.681. The first-order valence-corrected chi connectivity index (χ1v) is 12.3. The van der Waals surface area contributed by atoms with Crippen LogP contribution >= 0.6 is 0 Å². The van der Waals surface area contributed by atoms with Crippen LogP contribution in [0.4, 0.5) is 8.78 Å². The number of sulfone groups is 1. The van der Waals surface area contributed by atoms with Crippen LogP contribution in [0.25, 0.3) is 0 Å². The molecule has 0 spiro atoms. The average molecular weight is 459 g/mol. The molecule has 0 bridgehead atoms. The second-order valence-corrected chi connectivity index (χ2v) is 10.6. The van der Waals surface area contributed by atoms with E-state index in [0.717, 1.165) is 18.2 Å². The number of hydrogen-bond donors (Lipinski definition) is 1. The van der Waals surface area contributed by atoms with Crippen molar-refractivity contribution < 1.29 is 30.4 Å². The summed E-state index contributed by atoms with van der Waals surface area (Å²) < 4.78 is 79.1. The molecule has 0 saturated carbocycles. The maximum atomic E-state index is 13.8. The third-order valence-electron chi connectivity index (χ3n) is 4.81. The summed E-state index contributed by atoms with van der Waals surface area (Å²) in [6, 6.07) is 9.82. The Morgan fingerprint density at radius 3 is 2.27 bits per heavy atom. The first kappa shape index (κ1) is 22.3. The molecule has 1 N–H and O–H groups in total. The zero-order valence-corrected chi connectivity index (χ0v) is 17.4. The Balaban J connectivity index is 1.69. The SMILES string of the molecule is O=C(CNS(=O)(=O)c1c(F)cccc1F)N1CCCC1CS(=O)(=O)c1ccccc1. The molecule has 3 rings (SSSR count). The number of nitrogens with one attached hydrogen (secondary N) is 1. The number of hydrogen-bond acceptors (Lipinski definition) is 5. The van der Waals surface area contributed by atoms with Gasteiger partial charge in [-0.2, -0.15) is 0 Å². The van der Waals surface area contributed by atoms with Crippen LogP contribution in [0.5, 0.6) is 0 Å². The molecule has 1 fully saturated rings. The molecule has 1 aliphatic rings. The summed E-state index contributed by atoms with van der Waals surface area (Å²) in [5.74, 6) is -3.51. The van der Waals surface area contributed by atoms with E-state index in [2.05, 4.69) is 0 Å². The molecule has 0 aliphatic carbocycles. The van der Waals surface area contributed by atoms with Crippen LogP contribution in [-0.2, 0) is 24.7 Å². The van der Waals surface area contributed by atoms with Gasteiger partial charge < -0.3 is 4.90 Å². The van der Waals surface area contributed by atoms with E-state index in [9.17, 15) is 30.4 Å². The molecule has 0 aromatic heterocycles. The third-order valence-corrected chi connectivity index (χ3v) is 8.08. The van der Waals surface area contributed by atoms with Crippen molar-refractivity contribution in [1.82, 2.24) is 9.62 Å². The van der Waals surface area contributed by atoms with Gasteiger partial charge in [-0.15, -0.1) is 0 Å². The number of carbonyl (C=O) groups is 1. The van der Waals surface area contributed by atoms with E-state index in [1.807, 2.05) is 4.72 Å². The maximum absolute atomic E-state index is 13.8. The summed E-state index contributed by atoms with van der Waals surface area (Å²) in [6.07, 6.45) is 1.02. The first-order valence-electron chi connectivity index (χ1n) is 9.13. The summed E-state index contributed by atoms with van der Waals surface area (Å²) in [7, 11) is -8.25. The molecule has 1 unspecified atom stereocenters. The van der Waals surface area contributed by atoms with Gasteiger partial charge in [-0.1, -0.05) is 24.3 Å². The summed E-state index contributed by atoms with van der Waals surface area (Å²) in [5.41, 5.74) is 0. The van der Waals surface area contributed by atoms with Gasteiger partial charge >= 0.3 is 0 Å². The zero-order valence-electron chi connectivity index (χ0n) is 15.8. The highest BCUT2D eigenvalue weighted by molar-refractivity contribution is 7.91.